The van der Waals surface area contributed by atoms with Crippen LogP contribution in [0.15, 0.2) is 48.5 Å². The van der Waals surface area contributed by atoms with E-state index in [1.807, 2.05) is 0 Å². The standard InChI is InChI=1S/C16H11F6NO/c17-15(18,19)12-5-1-3-10(7-12)9-23-14(24)11-4-2-6-13(8-11)16(20,21)22/h1-8H,9H2,(H,23,24). The summed E-state index contributed by atoms with van der Waals surface area (Å²) in [5, 5.41) is 2.30. The lowest BCUT2D eigenvalue weighted by Gasteiger charge is -2.11. The summed E-state index contributed by atoms with van der Waals surface area (Å²) in [6.07, 6.45) is -9.10. The van der Waals surface area contributed by atoms with E-state index >= 15 is 0 Å². The predicted octanol–water partition coefficient (Wildman–Crippen LogP) is 4.65. The van der Waals surface area contributed by atoms with Gasteiger partial charge in [-0.25, -0.2) is 0 Å². The molecule has 24 heavy (non-hydrogen) atoms. The first-order valence-corrected chi connectivity index (χ1v) is 6.69. The average molecular weight is 347 g/mol. The highest BCUT2D eigenvalue weighted by Gasteiger charge is 2.31. The Morgan fingerprint density at radius 2 is 1.38 bits per heavy atom. The zero-order chi connectivity index (χ0) is 18.0. The summed E-state index contributed by atoms with van der Waals surface area (Å²) in [4.78, 5) is 11.9. The molecule has 128 valence electrons. The maximum absolute atomic E-state index is 12.6. The molecule has 0 unspecified atom stereocenters. The Balaban J connectivity index is 2.09. The van der Waals surface area contributed by atoms with Gasteiger partial charge < -0.3 is 5.32 Å². The fourth-order valence-corrected chi connectivity index (χ4v) is 1.98. The van der Waals surface area contributed by atoms with Crippen LogP contribution in [-0.2, 0) is 18.9 Å². The topological polar surface area (TPSA) is 29.1 Å². The molecule has 2 aromatic rings. The second-order valence-electron chi connectivity index (χ2n) is 4.96. The summed E-state index contributed by atoms with van der Waals surface area (Å²) in [5.74, 6) is -0.807. The lowest BCUT2D eigenvalue weighted by atomic mass is 10.1. The van der Waals surface area contributed by atoms with Crippen LogP contribution in [0, 0.1) is 0 Å². The van der Waals surface area contributed by atoms with E-state index in [0.29, 0.717) is 6.07 Å². The fourth-order valence-electron chi connectivity index (χ4n) is 1.98. The molecule has 1 amide bonds. The zero-order valence-corrected chi connectivity index (χ0v) is 12.0. The minimum Gasteiger partial charge on any atom is -0.348 e. The fraction of sp³-hybridized carbons (Fsp3) is 0.188. The molecule has 2 aromatic carbocycles. The number of rotatable bonds is 3. The van der Waals surface area contributed by atoms with Crippen molar-refractivity contribution in [2.45, 2.75) is 18.9 Å². The molecule has 0 heterocycles. The van der Waals surface area contributed by atoms with Gasteiger partial charge in [0.1, 0.15) is 0 Å². The third-order valence-electron chi connectivity index (χ3n) is 3.16. The third kappa shape index (κ3) is 4.50. The molecule has 0 saturated heterocycles. The van der Waals surface area contributed by atoms with Crippen LogP contribution in [0.4, 0.5) is 26.3 Å². The Labute approximate surface area is 133 Å². The number of carbonyl (C=O) groups is 1. The van der Waals surface area contributed by atoms with Gasteiger partial charge in [0.2, 0.25) is 0 Å². The minimum atomic E-state index is -4.59. The van der Waals surface area contributed by atoms with Crippen LogP contribution in [0.5, 0.6) is 0 Å². The van der Waals surface area contributed by atoms with E-state index in [2.05, 4.69) is 5.32 Å². The number of hydrogen-bond acceptors (Lipinski definition) is 1. The molecule has 0 aliphatic carbocycles. The van der Waals surface area contributed by atoms with Crippen LogP contribution in [0.1, 0.15) is 27.0 Å². The molecule has 0 spiro atoms. The third-order valence-corrected chi connectivity index (χ3v) is 3.16. The predicted molar refractivity (Wildman–Crippen MR) is 74.1 cm³/mol. The van der Waals surface area contributed by atoms with Crippen LogP contribution < -0.4 is 5.32 Å². The van der Waals surface area contributed by atoms with E-state index in [4.69, 9.17) is 0 Å². The Morgan fingerprint density at radius 3 is 1.96 bits per heavy atom. The summed E-state index contributed by atoms with van der Waals surface area (Å²) >= 11 is 0. The van der Waals surface area contributed by atoms with E-state index in [-0.39, 0.29) is 17.7 Å². The highest BCUT2D eigenvalue weighted by molar-refractivity contribution is 5.94. The van der Waals surface area contributed by atoms with Crippen molar-refractivity contribution in [2.24, 2.45) is 0 Å². The maximum atomic E-state index is 12.6. The molecule has 2 nitrogen and oxygen atoms in total. The molecule has 0 aliphatic heterocycles. The van der Waals surface area contributed by atoms with Crippen molar-refractivity contribution in [3.8, 4) is 0 Å². The smallest absolute Gasteiger partial charge is 0.348 e. The molecular formula is C16H11F6NO. The monoisotopic (exact) mass is 347 g/mol. The van der Waals surface area contributed by atoms with Gasteiger partial charge >= 0.3 is 12.4 Å². The molecule has 0 bridgehead atoms. The number of benzene rings is 2. The van der Waals surface area contributed by atoms with Gasteiger partial charge in [0.15, 0.2) is 0 Å². The number of carbonyl (C=O) groups excluding carboxylic acids is 1. The summed E-state index contributed by atoms with van der Waals surface area (Å²) < 4.78 is 75.6. The highest BCUT2D eigenvalue weighted by atomic mass is 19.4. The van der Waals surface area contributed by atoms with Crippen LogP contribution in [0.3, 0.4) is 0 Å². The number of amides is 1. The van der Waals surface area contributed by atoms with Crippen molar-refractivity contribution >= 4 is 5.91 Å². The first kappa shape index (κ1) is 17.8. The summed E-state index contributed by atoms with van der Waals surface area (Å²) in [6.45, 7) is -0.237. The molecule has 0 radical (unpaired) electrons. The van der Waals surface area contributed by atoms with Crippen molar-refractivity contribution in [3.63, 3.8) is 0 Å². The van der Waals surface area contributed by atoms with Crippen molar-refractivity contribution < 1.29 is 31.1 Å². The van der Waals surface area contributed by atoms with Gasteiger partial charge in [-0.15, -0.1) is 0 Å². The largest absolute Gasteiger partial charge is 0.416 e. The molecule has 0 saturated carbocycles. The van der Waals surface area contributed by atoms with E-state index < -0.39 is 29.4 Å². The quantitative estimate of drug-likeness (QED) is 0.805. The van der Waals surface area contributed by atoms with E-state index in [0.717, 1.165) is 24.3 Å². The average Bonchev–Trinajstić information content (AvgIpc) is 2.51. The summed E-state index contributed by atoms with van der Waals surface area (Å²) in [7, 11) is 0. The molecule has 1 N–H and O–H groups in total. The van der Waals surface area contributed by atoms with E-state index in [9.17, 15) is 31.1 Å². The molecule has 8 heteroatoms. The SMILES string of the molecule is O=C(NCc1cccc(C(F)(F)F)c1)c1cccc(C(F)(F)F)c1. The van der Waals surface area contributed by atoms with Crippen LogP contribution in [0.25, 0.3) is 0 Å². The molecule has 0 aromatic heterocycles. The molecule has 0 fully saturated rings. The number of halogens is 6. The summed E-state index contributed by atoms with van der Waals surface area (Å²) in [5.41, 5.74) is -1.88. The van der Waals surface area contributed by atoms with E-state index in [1.54, 1.807) is 0 Å². The molecule has 0 atom stereocenters. The molecule has 0 aliphatic rings. The first-order valence-electron chi connectivity index (χ1n) is 6.69. The zero-order valence-electron chi connectivity index (χ0n) is 12.0. The minimum absolute atomic E-state index is 0.185. The first-order chi connectivity index (χ1) is 11.1. The Morgan fingerprint density at radius 1 is 0.833 bits per heavy atom. The molecule has 2 rings (SSSR count). The second-order valence-corrected chi connectivity index (χ2v) is 4.96. The Hall–Kier alpha value is -2.51. The van der Waals surface area contributed by atoms with Crippen molar-refractivity contribution in [3.05, 3.63) is 70.8 Å². The van der Waals surface area contributed by atoms with Crippen LogP contribution in [-0.4, -0.2) is 5.91 Å². The normalized spacial score (nSPS) is 12.1. The summed E-state index contributed by atoms with van der Waals surface area (Å²) in [6, 6.07) is 8.10. The highest BCUT2D eigenvalue weighted by Crippen LogP contribution is 2.30. The Kier molecular flexibility index (Phi) is 4.86. The lowest BCUT2D eigenvalue weighted by molar-refractivity contribution is -0.138. The van der Waals surface area contributed by atoms with Crippen molar-refractivity contribution in [1.82, 2.24) is 5.32 Å². The number of hydrogen-bond donors (Lipinski definition) is 1. The van der Waals surface area contributed by atoms with Gasteiger partial charge in [-0.1, -0.05) is 18.2 Å². The Bertz CT molecular complexity index is 736. The van der Waals surface area contributed by atoms with Gasteiger partial charge in [-0.3, -0.25) is 4.79 Å². The maximum Gasteiger partial charge on any atom is 0.416 e. The number of nitrogens with one attached hydrogen (secondary N) is 1. The molecular weight excluding hydrogens is 336 g/mol. The van der Waals surface area contributed by atoms with Gasteiger partial charge in [-0.05, 0) is 35.9 Å². The van der Waals surface area contributed by atoms with Crippen molar-refractivity contribution in [1.29, 1.82) is 0 Å². The van der Waals surface area contributed by atoms with Crippen LogP contribution in [0.2, 0.25) is 0 Å². The van der Waals surface area contributed by atoms with Gasteiger partial charge in [-0.2, -0.15) is 26.3 Å². The second kappa shape index (κ2) is 6.54. The van der Waals surface area contributed by atoms with Gasteiger partial charge in [0.25, 0.3) is 5.91 Å². The van der Waals surface area contributed by atoms with Crippen LogP contribution >= 0.6 is 0 Å². The lowest BCUT2D eigenvalue weighted by Crippen LogP contribution is -2.23. The van der Waals surface area contributed by atoms with E-state index in [1.165, 1.54) is 18.2 Å². The van der Waals surface area contributed by atoms with Gasteiger partial charge in [0, 0.05) is 12.1 Å². The van der Waals surface area contributed by atoms with Gasteiger partial charge in [0.05, 0.1) is 11.1 Å². The van der Waals surface area contributed by atoms with Crippen molar-refractivity contribution in [2.75, 3.05) is 0 Å². The number of alkyl halides is 6.